The van der Waals surface area contributed by atoms with Gasteiger partial charge in [-0.05, 0) is 54.7 Å². The normalized spacial score (nSPS) is 15.9. The van der Waals surface area contributed by atoms with Crippen molar-refractivity contribution in [3.63, 3.8) is 0 Å². The molecule has 0 radical (unpaired) electrons. The number of esters is 1. The summed E-state index contributed by atoms with van der Waals surface area (Å²) < 4.78 is 31.5. The molecule has 0 heterocycles. The first kappa shape index (κ1) is 23.0. The Hall–Kier alpha value is -2.71. The summed E-state index contributed by atoms with van der Waals surface area (Å²) in [6.07, 6.45) is 2.83. The second kappa shape index (κ2) is 10.1. The van der Waals surface area contributed by atoms with Gasteiger partial charge in [-0.25, -0.2) is 13.2 Å². The van der Waals surface area contributed by atoms with Crippen LogP contribution in [0.2, 0.25) is 0 Å². The summed E-state index contributed by atoms with van der Waals surface area (Å²) in [7, 11) is -3.59. The van der Waals surface area contributed by atoms with Crippen LogP contribution in [0.5, 0.6) is 0 Å². The van der Waals surface area contributed by atoms with Crippen LogP contribution in [0.4, 0.5) is 0 Å². The summed E-state index contributed by atoms with van der Waals surface area (Å²) in [5.74, 6) is -1.04. The van der Waals surface area contributed by atoms with E-state index in [1.807, 2.05) is 18.2 Å². The average molecular weight is 445 g/mol. The molecule has 0 unspecified atom stereocenters. The molecule has 7 nitrogen and oxygen atoms in total. The van der Waals surface area contributed by atoms with Crippen LogP contribution in [0.15, 0.2) is 53.4 Å². The van der Waals surface area contributed by atoms with Crippen LogP contribution in [-0.2, 0) is 26.0 Å². The van der Waals surface area contributed by atoms with E-state index in [-0.39, 0.29) is 22.4 Å². The quantitative estimate of drug-likeness (QED) is 0.632. The third-order valence-electron chi connectivity index (χ3n) is 5.47. The monoisotopic (exact) mass is 444 g/mol. The van der Waals surface area contributed by atoms with Gasteiger partial charge in [0.1, 0.15) is 0 Å². The van der Waals surface area contributed by atoms with Crippen molar-refractivity contribution in [1.82, 2.24) is 9.62 Å². The lowest BCUT2D eigenvalue weighted by Gasteiger charge is -2.26. The van der Waals surface area contributed by atoms with Crippen LogP contribution < -0.4 is 5.32 Å². The van der Waals surface area contributed by atoms with Crippen molar-refractivity contribution in [1.29, 1.82) is 0 Å². The van der Waals surface area contributed by atoms with Gasteiger partial charge in [0, 0.05) is 13.1 Å². The van der Waals surface area contributed by atoms with E-state index in [4.69, 9.17) is 4.74 Å². The van der Waals surface area contributed by atoms with Crippen LogP contribution in [0.25, 0.3) is 0 Å². The molecule has 2 aromatic carbocycles. The molecule has 1 atom stereocenters. The van der Waals surface area contributed by atoms with Crippen molar-refractivity contribution in [2.75, 3.05) is 19.7 Å². The SMILES string of the molecule is CCN(CC)S(=O)(=O)c1ccc(C(=O)OCC(=O)N[C@@H]2CCCc3ccccc32)cc1. The van der Waals surface area contributed by atoms with E-state index >= 15 is 0 Å². The van der Waals surface area contributed by atoms with Gasteiger partial charge < -0.3 is 10.1 Å². The molecule has 0 bridgehead atoms. The van der Waals surface area contributed by atoms with E-state index in [0.717, 1.165) is 24.8 Å². The Labute approximate surface area is 183 Å². The van der Waals surface area contributed by atoms with E-state index in [1.54, 1.807) is 13.8 Å². The molecule has 0 fully saturated rings. The molecule has 0 aliphatic heterocycles. The topological polar surface area (TPSA) is 92.8 Å². The first-order valence-corrected chi connectivity index (χ1v) is 11.9. The maximum absolute atomic E-state index is 12.5. The van der Waals surface area contributed by atoms with Gasteiger partial charge in [-0.2, -0.15) is 4.31 Å². The third-order valence-corrected chi connectivity index (χ3v) is 7.54. The molecule has 1 amide bonds. The lowest BCUT2D eigenvalue weighted by Crippen LogP contribution is -2.34. The summed E-state index contributed by atoms with van der Waals surface area (Å²) in [6, 6.07) is 13.5. The number of nitrogens with zero attached hydrogens (tertiary/aromatic N) is 1. The van der Waals surface area contributed by atoms with Gasteiger partial charge in [0.15, 0.2) is 6.61 Å². The lowest BCUT2D eigenvalue weighted by molar-refractivity contribution is -0.125. The smallest absolute Gasteiger partial charge is 0.338 e. The van der Waals surface area contributed by atoms with Gasteiger partial charge in [0.25, 0.3) is 5.91 Å². The Morgan fingerprint density at radius 2 is 1.74 bits per heavy atom. The molecule has 2 aromatic rings. The number of amides is 1. The number of hydrogen-bond donors (Lipinski definition) is 1. The molecule has 8 heteroatoms. The van der Waals surface area contributed by atoms with Crippen molar-refractivity contribution in [2.24, 2.45) is 0 Å². The number of rotatable bonds is 8. The zero-order valence-electron chi connectivity index (χ0n) is 17.8. The van der Waals surface area contributed by atoms with Gasteiger partial charge in [-0.3, -0.25) is 4.79 Å². The number of carbonyl (C=O) groups is 2. The van der Waals surface area contributed by atoms with Crippen molar-refractivity contribution in [3.05, 3.63) is 65.2 Å². The summed E-state index contributed by atoms with van der Waals surface area (Å²) >= 11 is 0. The van der Waals surface area contributed by atoms with Crippen LogP contribution in [0.3, 0.4) is 0 Å². The van der Waals surface area contributed by atoms with Crippen LogP contribution >= 0.6 is 0 Å². The number of aryl methyl sites for hydroxylation is 1. The van der Waals surface area contributed by atoms with Gasteiger partial charge in [-0.1, -0.05) is 38.1 Å². The highest BCUT2D eigenvalue weighted by molar-refractivity contribution is 7.89. The number of hydrogen-bond acceptors (Lipinski definition) is 5. The Morgan fingerprint density at radius 3 is 2.42 bits per heavy atom. The largest absolute Gasteiger partial charge is 0.452 e. The van der Waals surface area contributed by atoms with E-state index in [2.05, 4.69) is 11.4 Å². The molecule has 166 valence electrons. The number of sulfonamides is 1. The van der Waals surface area contributed by atoms with Crippen molar-refractivity contribution >= 4 is 21.9 Å². The van der Waals surface area contributed by atoms with Gasteiger partial charge in [-0.15, -0.1) is 0 Å². The first-order valence-electron chi connectivity index (χ1n) is 10.5. The molecule has 1 aliphatic carbocycles. The summed E-state index contributed by atoms with van der Waals surface area (Å²) in [4.78, 5) is 24.7. The Balaban J connectivity index is 1.57. The molecular formula is C23H28N2O5S. The van der Waals surface area contributed by atoms with E-state index in [1.165, 1.54) is 34.1 Å². The van der Waals surface area contributed by atoms with Crippen LogP contribution in [0, 0.1) is 0 Å². The minimum atomic E-state index is -3.59. The van der Waals surface area contributed by atoms with Crippen molar-refractivity contribution in [3.8, 4) is 0 Å². The molecule has 0 saturated carbocycles. The fourth-order valence-corrected chi connectivity index (χ4v) is 5.29. The van der Waals surface area contributed by atoms with Gasteiger partial charge in [0.05, 0.1) is 16.5 Å². The Kier molecular flexibility index (Phi) is 7.46. The van der Waals surface area contributed by atoms with E-state index in [9.17, 15) is 18.0 Å². The number of carbonyl (C=O) groups excluding carboxylic acids is 2. The second-order valence-corrected chi connectivity index (χ2v) is 9.34. The van der Waals surface area contributed by atoms with E-state index in [0.29, 0.717) is 13.1 Å². The molecule has 0 aromatic heterocycles. The number of ether oxygens (including phenoxy) is 1. The molecule has 0 spiro atoms. The molecule has 3 rings (SSSR count). The van der Waals surface area contributed by atoms with Crippen LogP contribution in [0.1, 0.15) is 54.2 Å². The minimum absolute atomic E-state index is 0.0827. The van der Waals surface area contributed by atoms with Gasteiger partial charge in [0.2, 0.25) is 10.0 Å². The maximum Gasteiger partial charge on any atom is 0.338 e. The highest BCUT2D eigenvalue weighted by Gasteiger charge is 2.23. The predicted octanol–water partition coefficient (Wildman–Crippen LogP) is 3.07. The predicted molar refractivity (Wildman–Crippen MR) is 117 cm³/mol. The fraction of sp³-hybridized carbons (Fsp3) is 0.391. The van der Waals surface area contributed by atoms with Crippen molar-refractivity contribution in [2.45, 2.75) is 44.0 Å². The highest BCUT2D eigenvalue weighted by atomic mass is 32.2. The molecular weight excluding hydrogens is 416 g/mol. The Morgan fingerprint density at radius 1 is 1.06 bits per heavy atom. The fourth-order valence-electron chi connectivity index (χ4n) is 3.83. The molecule has 1 N–H and O–H groups in total. The van der Waals surface area contributed by atoms with Gasteiger partial charge >= 0.3 is 5.97 Å². The number of benzene rings is 2. The standard InChI is InChI=1S/C23H28N2O5S/c1-3-25(4-2)31(28,29)19-14-12-18(13-15-19)23(27)30-16-22(26)24-21-11-7-9-17-8-5-6-10-20(17)21/h5-6,8,10,12-15,21H,3-4,7,9,11,16H2,1-2H3,(H,24,26)/t21-/m1/s1. The summed E-state index contributed by atoms with van der Waals surface area (Å²) in [6.45, 7) is 3.87. The zero-order chi connectivity index (χ0) is 22.4. The second-order valence-electron chi connectivity index (χ2n) is 7.40. The average Bonchev–Trinajstić information content (AvgIpc) is 2.78. The first-order chi connectivity index (χ1) is 14.9. The highest BCUT2D eigenvalue weighted by Crippen LogP contribution is 2.29. The summed E-state index contributed by atoms with van der Waals surface area (Å²) in [5.41, 5.74) is 2.53. The maximum atomic E-state index is 12.5. The number of nitrogens with one attached hydrogen (secondary N) is 1. The Bertz CT molecular complexity index is 1030. The minimum Gasteiger partial charge on any atom is -0.452 e. The third kappa shape index (κ3) is 5.32. The van der Waals surface area contributed by atoms with E-state index < -0.39 is 22.6 Å². The molecule has 1 aliphatic rings. The molecule has 31 heavy (non-hydrogen) atoms. The molecule has 0 saturated heterocycles. The zero-order valence-corrected chi connectivity index (χ0v) is 18.7. The number of fused-ring (bicyclic) bond motifs is 1. The summed E-state index contributed by atoms with van der Waals surface area (Å²) in [5, 5.41) is 2.94. The lowest BCUT2D eigenvalue weighted by atomic mass is 9.88. The van der Waals surface area contributed by atoms with Crippen molar-refractivity contribution < 1.29 is 22.7 Å². The van der Waals surface area contributed by atoms with Crippen LogP contribution in [-0.4, -0.2) is 44.3 Å².